The molecule has 0 spiro atoms. The highest BCUT2D eigenvalue weighted by molar-refractivity contribution is 6.33. The molecule has 0 radical (unpaired) electrons. The van der Waals surface area contributed by atoms with Crippen molar-refractivity contribution in [2.24, 2.45) is 0 Å². The molecule has 0 saturated carbocycles. The lowest BCUT2D eigenvalue weighted by Crippen LogP contribution is -2.28. The Bertz CT molecular complexity index is 899. The molecule has 1 N–H and O–H groups in total. The molecular weight excluding hydrogens is 366 g/mol. The fraction of sp³-hybridized carbons (Fsp3) is 0.150. The molecular formula is C20H18ClN3O3. The summed E-state index contributed by atoms with van der Waals surface area (Å²) in [6.07, 6.45) is 0. The summed E-state index contributed by atoms with van der Waals surface area (Å²) in [7, 11) is 1.62. The second-order valence-corrected chi connectivity index (χ2v) is 5.98. The Morgan fingerprint density at radius 2 is 1.81 bits per heavy atom. The Hall–Kier alpha value is -3.12. The summed E-state index contributed by atoms with van der Waals surface area (Å²) >= 11 is 5.99. The average molecular weight is 384 g/mol. The number of carbonyl (C=O) groups excluding carboxylic acids is 1. The first-order valence-electron chi connectivity index (χ1n) is 8.31. The molecule has 138 valence electrons. The van der Waals surface area contributed by atoms with Crippen LogP contribution in [0.1, 0.15) is 10.4 Å². The highest BCUT2D eigenvalue weighted by Crippen LogP contribution is 2.21. The minimum absolute atomic E-state index is 0.245. The van der Waals surface area contributed by atoms with Gasteiger partial charge in [0.2, 0.25) is 5.88 Å². The minimum atomic E-state index is -0.245. The summed E-state index contributed by atoms with van der Waals surface area (Å²) in [6.45, 7) is 0.596. The molecule has 27 heavy (non-hydrogen) atoms. The standard InChI is InChI=1S/C20H18ClN3O3/c1-26-15-8-6-14(7-9-15)18-10-11-19(24-23-18)27-13-12-22-20(25)16-4-2-3-5-17(16)21/h2-11H,12-13H2,1H3,(H,22,25). The second kappa shape index (κ2) is 9.00. The van der Waals surface area contributed by atoms with Crippen LogP contribution in [-0.4, -0.2) is 36.4 Å². The molecule has 0 aliphatic rings. The van der Waals surface area contributed by atoms with E-state index in [9.17, 15) is 4.79 Å². The number of nitrogens with zero attached hydrogens (tertiary/aromatic N) is 2. The minimum Gasteiger partial charge on any atom is -0.497 e. The van der Waals surface area contributed by atoms with Gasteiger partial charge in [-0.2, -0.15) is 0 Å². The molecule has 6 nitrogen and oxygen atoms in total. The van der Waals surface area contributed by atoms with Crippen LogP contribution in [0.5, 0.6) is 11.6 Å². The maximum Gasteiger partial charge on any atom is 0.252 e. The number of nitrogens with one attached hydrogen (secondary N) is 1. The van der Waals surface area contributed by atoms with E-state index in [1.807, 2.05) is 30.3 Å². The predicted molar refractivity (Wildman–Crippen MR) is 103 cm³/mol. The molecule has 0 unspecified atom stereocenters. The Morgan fingerprint density at radius 1 is 1.04 bits per heavy atom. The number of hydrogen-bond acceptors (Lipinski definition) is 5. The molecule has 3 rings (SSSR count). The van der Waals surface area contributed by atoms with Gasteiger partial charge in [-0.25, -0.2) is 0 Å². The van der Waals surface area contributed by atoms with Crippen LogP contribution in [0.2, 0.25) is 5.02 Å². The van der Waals surface area contributed by atoms with Crippen molar-refractivity contribution in [2.45, 2.75) is 0 Å². The summed E-state index contributed by atoms with van der Waals surface area (Å²) in [5.41, 5.74) is 2.10. The molecule has 0 bridgehead atoms. The second-order valence-electron chi connectivity index (χ2n) is 5.57. The maximum atomic E-state index is 12.0. The summed E-state index contributed by atoms with van der Waals surface area (Å²) in [5, 5.41) is 11.4. The lowest BCUT2D eigenvalue weighted by Gasteiger charge is -2.08. The molecule has 0 saturated heterocycles. The van der Waals surface area contributed by atoms with Gasteiger partial charge in [0.15, 0.2) is 0 Å². The van der Waals surface area contributed by atoms with Crippen molar-refractivity contribution in [1.82, 2.24) is 15.5 Å². The van der Waals surface area contributed by atoms with Crippen molar-refractivity contribution < 1.29 is 14.3 Å². The lowest BCUT2D eigenvalue weighted by atomic mass is 10.1. The number of benzene rings is 2. The van der Waals surface area contributed by atoms with E-state index < -0.39 is 0 Å². The van der Waals surface area contributed by atoms with Crippen molar-refractivity contribution >= 4 is 17.5 Å². The Balaban J connectivity index is 1.49. The molecule has 1 aromatic heterocycles. The molecule has 7 heteroatoms. The molecule has 2 aromatic carbocycles. The summed E-state index contributed by atoms with van der Waals surface area (Å²) in [5.74, 6) is 0.926. The molecule has 1 amide bonds. The van der Waals surface area contributed by atoms with Crippen LogP contribution in [-0.2, 0) is 0 Å². The van der Waals surface area contributed by atoms with E-state index in [0.717, 1.165) is 17.0 Å². The van der Waals surface area contributed by atoms with Crippen LogP contribution >= 0.6 is 11.6 Å². The highest BCUT2D eigenvalue weighted by Gasteiger charge is 2.08. The molecule has 1 heterocycles. The zero-order valence-electron chi connectivity index (χ0n) is 14.7. The van der Waals surface area contributed by atoms with Gasteiger partial charge in [-0.05, 0) is 42.5 Å². The Kier molecular flexibility index (Phi) is 6.22. The molecule has 0 fully saturated rings. The van der Waals surface area contributed by atoms with Gasteiger partial charge in [-0.15, -0.1) is 10.2 Å². The quantitative estimate of drug-likeness (QED) is 0.631. The highest BCUT2D eigenvalue weighted by atomic mass is 35.5. The van der Waals surface area contributed by atoms with Gasteiger partial charge in [0.05, 0.1) is 29.9 Å². The van der Waals surface area contributed by atoms with E-state index in [1.165, 1.54) is 0 Å². The van der Waals surface area contributed by atoms with Crippen LogP contribution in [0.25, 0.3) is 11.3 Å². The van der Waals surface area contributed by atoms with Gasteiger partial charge in [0.25, 0.3) is 5.91 Å². The Labute approximate surface area is 162 Å². The van der Waals surface area contributed by atoms with E-state index in [-0.39, 0.29) is 12.5 Å². The van der Waals surface area contributed by atoms with E-state index >= 15 is 0 Å². The zero-order chi connectivity index (χ0) is 19.1. The van der Waals surface area contributed by atoms with Crippen LogP contribution in [0.15, 0.2) is 60.7 Å². The van der Waals surface area contributed by atoms with Gasteiger partial charge < -0.3 is 14.8 Å². The zero-order valence-corrected chi connectivity index (χ0v) is 15.4. The van der Waals surface area contributed by atoms with Crippen LogP contribution in [0.4, 0.5) is 0 Å². The smallest absolute Gasteiger partial charge is 0.252 e. The number of amides is 1. The monoisotopic (exact) mass is 383 g/mol. The van der Waals surface area contributed by atoms with Crippen molar-refractivity contribution in [3.63, 3.8) is 0 Å². The number of hydrogen-bond donors (Lipinski definition) is 1. The van der Waals surface area contributed by atoms with Gasteiger partial charge in [0.1, 0.15) is 12.4 Å². The van der Waals surface area contributed by atoms with Gasteiger partial charge in [-0.3, -0.25) is 4.79 Å². The fourth-order valence-corrected chi connectivity index (χ4v) is 2.60. The van der Waals surface area contributed by atoms with E-state index in [1.54, 1.807) is 37.4 Å². The first-order valence-corrected chi connectivity index (χ1v) is 8.69. The third-order valence-corrected chi connectivity index (χ3v) is 4.11. The molecule has 0 atom stereocenters. The van der Waals surface area contributed by atoms with E-state index in [0.29, 0.717) is 23.0 Å². The number of methoxy groups -OCH3 is 1. The number of carbonyl (C=O) groups is 1. The third kappa shape index (κ3) is 4.95. The number of aromatic nitrogens is 2. The summed E-state index contributed by atoms with van der Waals surface area (Å²) in [6, 6.07) is 18.0. The molecule has 3 aromatic rings. The van der Waals surface area contributed by atoms with E-state index in [4.69, 9.17) is 21.1 Å². The predicted octanol–water partition coefficient (Wildman–Crippen LogP) is 3.61. The topological polar surface area (TPSA) is 73.3 Å². The van der Waals surface area contributed by atoms with Crippen molar-refractivity contribution in [1.29, 1.82) is 0 Å². The SMILES string of the molecule is COc1ccc(-c2ccc(OCCNC(=O)c3ccccc3Cl)nn2)cc1. The number of rotatable bonds is 7. The largest absolute Gasteiger partial charge is 0.497 e. The summed E-state index contributed by atoms with van der Waals surface area (Å²) < 4.78 is 10.6. The molecule has 0 aliphatic carbocycles. The van der Waals surface area contributed by atoms with E-state index in [2.05, 4.69) is 15.5 Å². The first kappa shape index (κ1) is 18.7. The van der Waals surface area contributed by atoms with Gasteiger partial charge in [0, 0.05) is 11.6 Å². The normalized spacial score (nSPS) is 10.3. The lowest BCUT2D eigenvalue weighted by molar-refractivity contribution is 0.0946. The van der Waals surface area contributed by atoms with Crippen molar-refractivity contribution in [2.75, 3.05) is 20.3 Å². The number of ether oxygens (including phenoxy) is 2. The molecule has 0 aliphatic heterocycles. The Morgan fingerprint density at radius 3 is 2.48 bits per heavy atom. The first-order chi connectivity index (χ1) is 13.2. The van der Waals surface area contributed by atoms with Crippen LogP contribution in [0, 0.1) is 0 Å². The fourth-order valence-electron chi connectivity index (χ4n) is 2.37. The average Bonchev–Trinajstić information content (AvgIpc) is 2.72. The third-order valence-electron chi connectivity index (χ3n) is 3.78. The van der Waals surface area contributed by atoms with Gasteiger partial charge >= 0.3 is 0 Å². The summed E-state index contributed by atoms with van der Waals surface area (Å²) in [4.78, 5) is 12.0. The maximum absolute atomic E-state index is 12.0. The van der Waals surface area contributed by atoms with Crippen LogP contribution < -0.4 is 14.8 Å². The van der Waals surface area contributed by atoms with Gasteiger partial charge in [-0.1, -0.05) is 23.7 Å². The number of halogens is 1. The van der Waals surface area contributed by atoms with Crippen LogP contribution in [0.3, 0.4) is 0 Å². The van der Waals surface area contributed by atoms with Crippen molar-refractivity contribution in [3.8, 4) is 22.9 Å². The van der Waals surface area contributed by atoms with Crippen molar-refractivity contribution in [3.05, 3.63) is 71.2 Å².